The second-order valence-electron chi connectivity index (χ2n) is 5.31. The summed E-state index contributed by atoms with van der Waals surface area (Å²) in [4.78, 5) is 0. The maximum atomic E-state index is 6.25. The fourth-order valence-corrected chi connectivity index (χ4v) is 2.61. The van der Waals surface area contributed by atoms with Gasteiger partial charge in [0, 0.05) is 5.56 Å². The van der Waals surface area contributed by atoms with Gasteiger partial charge < -0.3 is 4.74 Å². The van der Waals surface area contributed by atoms with Gasteiger partial charge >= 0.3 is 0 Å². The highest BCUT2D eigenvalue weighted by molar-refractivity contribution is 7.71. The average molecular weight is 373 g/mol. The smallest absolute Gasteiger partial charge is 0.216 e. The van der Waals surface area contributed by atoms with Gasteiger partial charge in [-0.25, -0.2) is 5.10 Å². The van der Waals surface area contributed by atoms with E-state index in [4.69, 9.17) is 28.6 Å². The van der Waals surface area contributed by atoms with Crippen LogP contribution in [0.4, 0.5) is 0 Å². The van der Waals surface area contributed by atoms with Crippen LogP contribution in [0.25, 0.3) is 11.4 Å². The number of aromatic amines is 1. The van der Waals surface area contributed by atoms with E-state index in [0.29, 0.717) is 22.2 Å². The van der Waals surface area contributed by atoms with Gasteiger partial charge in [0.25, 0.3) is 0 Å². The predicted molar refractivity (Wildman–Crippen MR) is 103 cm³/mol. The Kier molecular flexibility index (Phi) is 5.63. The molecule has 0 aliphatic heterocycles. The molecule has 0 aliphatic rings. The van der Waals surface area contributed by atoms with Crippen molar-refractivity contribution in [2.45, 2.75) is 13.3 Å². The molecule has 0 radical (unpaired) electrons. The van der Waals surface area contributed by atoms with Crippen molar-refractivity contribution in [2.75, 3.05) is 6.61 Å². The molecule has 3 rings (SSSR count). The van der Waals surface area contributed by atoms with Gasteiger partial charge in [-0.05, 0) is 60.6 Å². The van der Waals surface area contributed by atoms with E-state index in [2.05, 4.69) is 22.2 Å². The summed E-state index contributed by atoms with van der Waals surface area (Å²) in [6.07, 6.45) is 2.70. The third-order valence-electron chi connectivity index (χ3n) is 3.44. The molecule has 0 atom stereocenters. The van der Waals surface area contributed by atoms with Gasteiger partial charge in [0.05, 0.1) is 17.8 Å². The Morgan fingerprint density at radius 1 is 1.24 bits per heavy atom. The molecule has 5 nitrogen and oxygen atoms in total. The number of halogens is 1. The van der Waals surface area contributed by atoms with Crippen molar-refractivity contribution in [3.8, 4) is 17.1 Å². The van der Waals surface area contributed by atoms with Gasteiger partial charge in [0.15, 0.2) is 5.82 Å². The summed E-state index contributed by atoms with van der Waals surface area (Å²) in [6, 6.07) is 15.1. The summed E-state index contributed by atoms with van der Waals surface area (Å²) in [6.45, 7) is 2.78. The number of H-pyrrole nitrogens is 1. The van der Waals surface area contributed by atoms with Crippen LogP contribution in [-0.4, -0.2) is 27.7 Å². The normalized spacial score (nSPS) is 11.1. The van der Waals surface area contributed by atoms with Crippen LogP contribution in [0.15, 0.2) is 53.6 Å². The minimum atomic E-state index is 0.397. The van der Waals surface area contributed by atoms with Gasteiger partial charge in [-0.3, -0.25) is 0 Å². The summed E-state index contributed by atoms with van der Waals surface area (Å²) < 4.78 is 7.52. The molecule has 1 heterocycles. The summed E-state index contributed by atoms with van der Waals surface area (Å²) in [5.74, 6) is 1.41. The Labute approximate surface area is 155 Å². The number of hydrogen-bond acceptors (Lipinski definition) is 4. The van der Waals surface area contributed by atoms with E-state index in [-0.39, 0.29) is 0 Å². The lowest BCUT2D eigenvalue weighted by atomic mass is 10.2. The van der Waals surface area contributed by atoms with Gasteiger partial charge in [-0.2, -0.15) is 14.9 Å². The standard InChI is InChI=1S/C18H17ClN4OS/c1-2-11-24-14-9-7-13(8-10-14)12-20-23-17(21-22-18(23)25)15-5-3-4-6-16(15)19/h3-10,12H,2,11H2,1H3,(H,22,25)/b20-12-. The Balaban J connectivity index is 1.86. The van der Waals surface area contributed by atoms with Crippen LogP contribution in [0, 0.1) is 4.77 Å². The molecule has 0 bridgehead atoms. The Hall–Kier alpha value is -2.44. The number of hydrogen-bond donors (Lipinski definition) is 1. The van der Waals surface area contributed by atoms with E-state index in [1.165, 1.54) is 0 Å². The first-order chi connectivity index (χ1) is 12.2. The molecule has 7 heteroatoms. The summed E-state index contributed by atoms with van der Waals surface area (Å²) in [7, 11) is 0. The first kappa shape index (κ1) is 17.4. The van der Waals surface area contributed by atoms with Crippen LogP contribution in [0.2, 0.25) is 5.02 Å². The predicted octanol–water partition coefficient (Wildman–Crippen LogP) is 4.93. The topological polar surface area (TPSA) is 55.2 Å². The third kappa shape index (κ3) is 4.15. The van der Waals surface area contributed by atoms with Crippen molar-refractivity contribution < 1.29 is 4.74 Å². The number of benzene rings is 2. The Bertz CT molecular complexity index is 931. The fourth-order valence-electron chi connectivity index (χ4n) is 2.21. The van der Waals surface area contributed by atoms with Crippen molar-refractivity contribution >= 4 is 30.0 Å². The largest absolute Gasteiger partial charge is 0.494 e. The number of nitrogens with zero attached hydrogens (tertiary/aromatic N) is 3. The highest BCUT2D eigenvalue weighted by Crippen LogP contribution is 2.25. The van der Waals surface area contributed by atoms with Gasteiger partial charge in [0.1, 0.15) is 5.75 Å². The van der Waals surface area contributed by atoms with Crippen molar-refractivity contribution in [1.82, 2.24) is 14.9 Å². The zero-order valence-electron chi connectivity index (χ0n) is 13.6. The molecule has 0 saturated carbocycles. The van der Waals surface area contributed by atoms with Crippen molar-refractivity contribution in [3.05, 3.63) is 63.9 Å². The second-order valence-corrected chi connectivity index (χ2v) is 6.10. The fraction of sp³-hybridized carbons (Fsp3) is 0.167. The molecule has 0 spiro atoms. The SMILES string of the molecule is CCCOc1ccc(/C=N\n2c(-c3ccccc3Cl)n[nH]c2=S)cc1. The van der Waals surface area contributed by atoms with E-state index in [0.717, 1.165) is 23.3 Å². The first-order valence-corrected chi connectivity index (χ1v) is 8.67. The lowest BCUT2D eigenvalue weighted by Crippen LogP contribution is -1.96. The lowest BCUT2D eigenvalue weighted by Gasteiger charge is -2.04. The molecule has 0 fully saturated rings. The maximum Gasteiger partial charge on any atom is 0.216 e. The molecule has 3 aromatic rings. The van der Waals surface area contributed by atoms with E-state index in [1.807, 2.05) is 42.5 Å². The van der Waals surface area contributed by atoms with E-state index < -0.39 is 0 Å². The van der Waals surface area contributed by atoms with Crippen LogP contribution in [0.1, 0.15) is 18.9 Å². The molecule has 25 heavy (non-hydrogen) atoms. The second kappa shape index (κ2) is 8.09. The van der Waals surface area contributed by atoms with Crippen molar-refractivity contribution in [1.29, 1.82) is 0 Å². The molecule has 2 aromatic carbocycles. The number of ether oxygens (including phenoxy) is 1. The van der Waals surface area contributed by atoms with Crippen LogP contribution in [0.5, 0.6) is 5.75 Å². The van der Waals surface area contributed by atoms with Crippen LogP contribution in [-0.2, 0) is 0 Å². The Morgan fingerprint density at radius 3 is 2.72 bits per heavy atom. The summed E-state index contributed by atoms with van der Waals surface area (Å²) in [5.41, 5.74) is 1.69. The van der Waals surface area contributed by atoms with Gasteiger partial charge in [-0.15, -0.1) is 0 Å². The third-order valence-corrected chi connectivity index (χ3v) is 4.03. The zero-order chi connectivity index (χ0) is 17.6. The molecular formula is C18H17ClN4OS. The van der Waals surface area contributed by atoms with E-state index >= 15 is 0 Å². The van der Waals surface area contributed by atoms with Crippen LogP contribution in [0.3, 0.4) is 0 Å². The minimum Gasteiger partial charge on any atom is -0.494 e. The quantitative estimate of drug-likeness (QED) is 0.493. The molecule has 0 saturated heterocycles. The van der Waals surface area contributed by atoms with E-state index in [9.17, 15) is 0 Å². The minimum absolute atomic E-state index is 0.397. The number of aromatic nitrogens is 3. The van der Waals surface area contributed by atoms with E-state index in [1.54, 1.807) is 17.0 Å². The molecule has 0 aliphatic carbocycles. The van der Waals surface area contributed by atoms with Crippen molar-refractivity contribution in [3.63, 3.8) is 0 Å². The summed E-state index contributed by atoms with van der Waals surface area (Å²) >= 11 is 11.5. The molecular weight excluding hydrogens is 356 g/mol. The highest BCUT2D eigenvalue weighted by atomic mass is 35.5. The summed E-state index contributed by atoms with van der Waals surface area (Å²) in [5, 5.41) is 12.0. The number of nitrogens with one attached hydrogen (secondary N) is 1. The lowest BCUT2D eigenvalue weighted by molar-refractivity contribution is 0.317. The molecule has 1 N–H and O–H groups in total. The first-order valence-electron chi connectivity index (χ1n) is 7.88. The van der Waals surface area contributed by atoms with Gasteiger partial charge in [-0.1, -0.05) is 30.7 Å². The number of rotatable bonds is 6. The van der Waals surface area contributed by atoms with Crippen molar-refractivity contribution in [2.24, 2.45) is 5.10 Å². The Morgan fingerprint density at radius 2 is 2.00 bits per heavy atom. The highest BCUT2D eigenvalue weighted by Gasteiger charge is 2.11. The maximum absolute atomic E-state index is 6.25. The average Bonchev–Trinajstić information content (AvgIpc) is 3.00. The molecule has 128 valence electrons. The monoisotopic (exact) mass is 372 g/mol. The molecule has 0 amide bonds. The molecule has 1 aromatic heterocycles. The van der Waals surface area contributed by atoms with Crippen LogP contribution >= 0.6 is 23.8 Å². The van der Waals surface area contributed by atoms with Gasteiger partial charge in [0.2, 0.25) is 4.77 Å². The zero-order valence-corrected chi connectivity index (χ0v) is 15.2. The molecule has 0 unspecified atom stereocenters. The van der Waals surface area contributed by atoms with Crippen LogP contribution < -0.4 is 4.74 Å².